The highest BCUT2D eigenvalue weighted by atomic mass is 16.5. The monoisotopic (exact) mass is 270 g/mol. The van der Waals surface area contributed by atoms with Crippen LogP contribution < -0.4 is 5.32 Å². The summed E-state index contributed by atoms with van der Waals surface area (Å²) in [6.45, 7) is 16.9. The molecule has 1 fully saturated rings. The maximum absolute atomic E-state index is 5.74. The minimum absolute atomic E-state index is 0.339. The summed E-state index contributed by atoms with van der Waals surface area (Å²) in [5.41, 5.74) is 0.339. The molecule has 0 aromatic rings. The molecule has 3 nitrogen and oxygen atoms in total. The normalized spacial score (nSPS) is 23.5. The van der Waals surface area contributed by atoms with Crippen LogP contribution in [0.4, 0.5) is 0 Å². The van der Waals surface area contributed by atoms with Gasteiger partial charge in [-0.05, 0) is 37.8 Å². The second-order valence-electron chi connectivity index (χ2n) is 6.86. The van der Waals surface area contributed by atoms with Crippen LogP contribution in [-0.2, 0) is 4.74 Å². The third-order valence-electron chi connectivity index (χ3n) is 4.10. The van der Waals surface area contributed by atoms with Gasteiger partial charge in [0.05, 0.1) is 12.7 Å². The van der Waals surface area contributed by atoms with Crippen molar-refractivity contribution in [2.75, 3.05) is 32.8 Å². The molecule has 1 rings (SSSR count). The second-order valence-corrected chi connectivity index (χ2v) is 6.86. The lowest BCUT2D eigenvalue weighted by Gasteiger charge is -2.36. The largest absolute Gasteiger partial charge is 0.376 e. The zero-order valence-electron chi connectivity index (χ0n) is 13.7. The van der Waals surface area contributed by atoms with Gasteiger partial charge < -0.3 is 10.1 Å². The van der Waals surface area contributed by atoms with Crippen LogP contribution in [-0.4, -0.2) is 49.8 Å². The molecule has 0 saturated carbocycles. The van der Waals surface area contributed by atoms with E-state index in [1.54, 1.807) is 0 Å². The van der Waals surface area contributed by atoms with Gasteiger partial charge >= 0.3 is 0 Å². The van der Waals surface area contributed by atoms with Crippen molar-refractivity contribution < 1.29 is 4.74 Å². The van der Waals surface area contributed by atoms with Crippen LogP contribution in [0.3, 0.4) is 0 Å². The Balaban J connectivity index is 2.38. The molecule has 2 unspecified atom stereocenters. The van der Waals surface area contributed by atoms with Crippen molar-refractivity contribution >= 4 is 0 Å². The molecule has 19 heavy (non-hydrogen) atoms. The number of ether oxygens (including phenoxy) is 1. The van der Waals surface area contributed by atoms with E-state index in [2.05, 4.69) is 44.8 Å². The first-order valence-electron chi connectivity index (χ1n) is 8.04. The van der Waals surface area contributed by atoms with Gasteiger partial charge in [-0.2, -0.15) is 0 Å². The molecule has 1 aliphatic heterocycles. The quantitative estimate of drug-likeness (QED) is 0.770. The molecular formula is C16H34N2O. The molecule has 0 spiro atoms. The lowest BCUT2D eigenvalue weighted by atomic mass is 9.84. The highest BCUT2D eigenvalue weighted by Crippen LogP contribution is 2.22. The third kappa shape index (κ3) is 6.24. The summed E-state index contributed by atoms with van der Waals surface area (Å²) in [6, 6.07) is 0.607. The summed E-state index contributed by atoms with van der Waals surface area (Å²) in [7, 11) is 0. The number of nitrogens with zero attached hydrogens (tertiary/aromatic N) is 1. The van der Waals surface area contributed by atoms with E-state index in [4.69, 9.17) is 4.74 Å². The molecule has 1 aliphatic rings. The number of morpholine rings is 1. The third-order valence-corrected chi connectivity index (χ3v) is 4.10. The maximum Gasteiger partial charge on any atom is 0.0700 e. The van der Waals surface area contributed by atoms with Gasteiger partial charge in [-0.15, -0.1) is 0 Å². The minimum Gasteiger partial charge on any atom is -0.376 e. The molecule has 3 heteroatoms. The predicted octanol–water partition coefficient (Wildman–Crippen LogP) is 2.90. The number of rotatable bonds is 7. The second kappa shape index (κ2) is 8.23. The first-order chi connectivity index (χ1) is 8.97. The summed E-state index contributed by atoms with van der Waals surface area (Å²) in [4.78, 5) is 2.57. The molecule has 1 saturated heterocycles. The molecule has 0 radical (unpaired) electrons. The summed E-state index contributed by atoms with van der Waals surface area (Å²) in [5.74, 6) is 0. The van der Waals surface area contributed by atoms with E-state index in [9.17, 15) is 0 Å². The van der Waals surface area contributed by atoms with E-state index in [1.165, 1.54) is 19.4 Å². The number of nitrogens with one attached hydrogen (secondary N) is 1. The van der Waals surface area contributed by atoms with Crippen molar-refractivity contribution in [1.29, 1.82) is 0 Å². The van der Waals surface area contributed by atoms with Crippen LogP contribution in [0.15, 0.2) is 0 Å². The highest BCUT2D eigenvalue weighted by molar-refractivity contribution is 4.82. The van der Waals surface area contributed by atoms with Crippen LogP contribution in [0.5, 0.6) is 0 Å². The van der Waals surface area contributed by atoms with Gasteiger partial charge in [0.2, 0.25) is 0 Å². The van der Waals surface area contributed by atoms with E-state index >= 15 is 0 Å². The lowest BCUT2D eigenvalue weighted by molar-refractivity contribution is -0.0314. The number of hydrogen-bond donors (Lipinski definition) is 1. The van der Waals surface area contributed by atoms with Gasteiger partial charge in [0.25, 0.3) is 0 Å². The van der Waals surface area contributed by atoms with E-state index in [0.717, 1.165) is 32.7 Å². The molecule has 0 aromatic heterocycles. The maximum atomic E-state index is 5.74. The first-order valence-corrected chi connectivity index (χ1v) is 8.04. The van der Waals surface area contributed by atoms with Crippen LogP contribution in [0.1, 0.15) is 53.9 Å². The summed E-state index contributed by atoms with van der Waals surface area (Å²) < 4.78 is 5.74. The molecule has 0 aromatic carbocycles. The molecule has 2 atom stereocenters. The van der Waals surface area contributed by atoms with Gasteiger partial charge in [-0.1, -0.05) is 34.6 Å². The van der Waals surface area contributed by atoms with Gasteiger partial charge in [0, 0.05) is 19.1 Å². The molecule has 1 heterocycles. The fraction of sp³-hybridized carbons (Fsp3) is 1.00. The summed E-state index contributed by atoms with van der Waals surface area (Å²) in [6.07, 6.45) is 4.03. The van der Waals surface area contributed by atoms with E-state index in [0.29, 0.717) is 17.6 Å². The van der Waals surface area contributed by atoms with E-state index < -0.39 is 0 Å². The van der Waals surface area contributed by atoms with Gasteiger partial charge in [0.1, 0.15) is 0 Å². The Morgan fingerprint density at radius 2 is 2.05 bits per heavy atom. The Labute approximate surface area is 120 Å². The fourth-order valence-corrected chi connectivity index (χ4v) is 2.70. The SMILES string of the molecule is CCCNC(CCN1CCOC(CC)C1)C(C)(C)C. The Morgan fingerprint density at radius 3 is 2.63 bits per heavy atom. The Hall–Kier alpha value is -0.120. The van der Waals surface area contributed by atoms with Gasteiger partial charge in [-0.3, -0.25) is 4.90 Å². The van der Waals surface area contributed by atoms with Crippen LogP contribution in [0.2, 0.25) is 0 Å². The zero-order chi connectivity index (χ0) is 14.3. The fourth-order valence-electron chi connectivity index (χ4n) is 2.70. The Morgan fingerprint density at radius 1 is 1.32 bits per heavy atom. The van der Waals surface area contributed by atoms with Crippen LogP contribution in [0.25, 0.3) is 0 Å². The van der Waals surface area contributed by atoms with Gasteiger partial charge in [0.15, 0.2) is 0 Å². The van der Waals surface area contributed by atoms with Crippen molar-refractivity contribution in [2.24, 2.45) is 5.41 Å². The van der Waals surface area contributed by atoms with Crippen molar-refractivity contribution in [3.63, 3.8) is 0 Å². The molecule has 0 bridgehead atoms. The molecule has 0 amide bonds. The smallest absolute Gasteiger partial charge is 0.0700 e. The van der Waals surface area contributed by atoms with Gasteiger partial charge in [-0.25, -0.2) is 0 Å². The van der Waals surface area contributed by atoms with E-state index in [1.807, 2.05) is 0 Å². The molecule has 0 aliphatic carbocycles. The average Bonchev–Trinajstić information content (AvgIpc) is 2.37. The van der Waals surface area contributed by atoms with Crippen LogP contribution >= 0.6 is 0 Å². The van der Waals surface area contributed by atoms with Crippen molar-refractivity contribution in [3.8, 4) is 0 Å². The standard InChI is InChI=1S/C16H34N2O/c1-6-9-17-15(16(3,4)5)8-10-18-11-12-19-14(7-2)13-18/h14-15,17H,6-13H2,1-5H3. The average molecular weight is 270 g/mol. The summed E-state index contributed by atoms with van der Waals surface area (Å²) in [5, 5.41) is 3.72. The summed E-state index contributed by atoms with van der Waals surface area (Å²) >= 11 is 0. The van der Waals surface area contributed by atoms with E-state index in [-0.39, 0.29) is 0 Å². The highest BCUT2D eigenvalue weighted by Gasteiger charge is 2.25. The minimum atomic E-state index is 0.339. The molecular weight excluding hydrogens is 236 g/mol. The van der Waals surface area contributed by atoms with Crippen LogP contribution in [0, 0.1) is 5.41 Å². The van der Waals surface area contributed by atoms with Crippen molar-refractivity contribution in [2.45, 2.75) is 66.0 Å². The van der Waals surface area contributed by atoms with Crippen molar-refractivity contribution in [3.05, 3.63) is 0 Å². The van der Waals surface area contributed by atoms with Crippen molar-refractivity contribution in [1.82, 2.24) is 10.2 Å². The molecule has 1 N–H and O–H groups in total. The number of hydrogen-bond acceptors (Lipinski definition) is 3. The zero-order valence-corrected chi connectivity index (χ0v) is 13.7. The predicted molar refractivity (Wildman–Crippen MR) is 82.6 cm³/mol. The Bertz CT molecular complexity index is 237. The lowest BCUT2D eigenvalue weighted by Crippen LogP contribution is -2.47. The molecule has 114 valence electrons. The first kappa shape index (κ1) is 16.9. The Kier molecular flexibility index (Phi) is 7.33. The topological polar surface area (TPSA) is 24.5 Å².